The molecule has 2 aromatic rings. The van der Waals surface area contributed by atoms with E-state index < -0.39 is 0 Å². The molecule has 0 saturated heterocycles. The van der Waals surface area contributed by atoms with E-state index in [1.165, 1.54) is 0 Å². The highest BCUT2D eigenvalue weighted by atomic mass is 79.9. The highest BCUT2D eigenvalue weighted by Gasteiger charge is 2.09. The van der Waals surface area contributed by atoms with Crippen LogP contribution in [-0.2, 0) is 13.5 Å². The van der Waals surface area contributed by atoms with Crippen LogP contribution in [0.5, 0.6) is 0 Å². The van der Waals surface area contributed by atoms with Gasteiger partial charge in [0.05, 0.1) is 6.20 Å². The van der Waals surface area contributed by atoms with Crippen molar-refractivity contribution < 1.29 is 0 Å². The van der Waals surface area contributed by atoms with Gasteiger partial charge in [-0.1, -0.05) is 0 Å². The van der Waals surface area contributed by atoms with Crippen molar-refractivity contribution in [3.63, 3.8) is 0 Å². The number of nitrogens with two attached hydrogens (primary N) is 1. The summed E-state index contributed by atoms with van der Waals surface area (Å²) in [5.41, 5.74) is 8.09. The molecule has 0 aromatic carbocycles. The number of nitrogens with zero attached hydrogens (tertiary/aromatic N) is 3. The molecular weight excluding hydrogens is 268 g/mol. The second-order valence-corrected chi connectivity index (χ2v) is 4.64. The van der Waals surface area contributed by atoms with Gasteiger partial charge in [-0.25, -0.2) is 0 Å². The zero-order chi connectivity index (χ0) is 11.5. The average molecular weight is 281 g/mol. The molecule has 2 aromatic heterocycles. The van der Waals surface area contributed by atoms with Gasteiger partial charge in [0.15, 0.2) is 0 Å². The van der Waals surface area contributed by atoms with Gasteiger partial charge in [0.25, 0.3) is 0 Å². The summed E-state index contributed by atoms with van der Waals surface area (Å²) < 4.78 is 2.73. The van der Waals surface area contributed by atoms with Crippen molar-refractivity contribution in [2.24, 2.45) is 12.8 Å². The molecule has 0 fully saturated rings. The van der Waals surface area contributed by atoms with E-state index in [2.05, 4.69) is 26.0 Å². The number of aromatic nitrogens is 3. The molecule has 0 spiro atoms. The molecule has 0 bridgehead atoms. The highest BCUT2D eigenvalue weighted by Crippen LogP contribution is 2.15. The van der Waals surface area contributed by atoms with E-state index >= 15 is 0 Å². The third-order valence-corrected chi connectivity index (χ3v) is 2.84. The number of halogens is 1. The van der Waals surface area contributed by atoms with Crippen LogP contribution in [0.4, 0.5) is 0 Å². The molecule has 0 saturated carbocycles. The molecule has 5 heteroatoms. The number of hydrogen-bond donors (Lipinski definition) is 1. The molecule has 0 amide bonds. The highest BCUT2D eigenvalue weighted by molar-refractivity contribution is 9.10. The minimum absolute atomic E-state index is 0.0534. The first-order valence-electron chi connectivity index (χ1n) is 4.99. The Kier molecular flexibility index (Phi) is 3.36. The van der Waals surface area contributed by atoms with Crippen LogP contribution >= 0.6 is 15.9 Å². The van der Waals surface area contributed by atoms with Gasteiger partial charge in [0.1, 0.15) is 0 Å². The third-order valence-electron chi connectivity index (χ3n) is 2.37. The molecule has 0 aliphatic rings. The van der Waals surface area contributed by atoms with Crippen molar-refractivity contribution in [1.82, 2.24) is 14.8 Å². The topological polar surface area (TPSA) is 56.7 Å². The Hall–Kier alpha value is -1.20. The predicted octanol–water partition coefficient (Wildman–Crippen LogP) is 1.82. The van der Waals surface area contributed by atoms with Gasteiger partial charge in [-0.15, -0.1) is 0 Å². The zero-order valence-electron chi connectivity index (χ0n) is 8.97. The number of hydrogen-bond acceptors (Lipinski definition) is 3. The smallest absolute Gasteiger partial charge is 0.0537 e. The first-order valence-corrected chi connectivity index (χ1v) is 5.79. The molecule has 0 radical (unpaired) electrons. The van der Waals surface area contributed by atoms with Gasteiger partial charge < -0.3 is 5.73 Å². The molecule has 0 aliphatic carbocycles. The number of pyridine rings is 1. The minimum atomic E-state index is -0.0534. The lowest BCUT2D eigenvalue weighted by molar-refractivity contribution is 0.703. The zero-order valence-corrected chi connectivity index (χ0v) is 10.6. The second kappa shape index (κ2) is 4.76. The van der Waals surface area contributed by atoms with E-state index in [1.807, 2.05) is 25.4 Å². The molecule has 84 valence electrons. The number of rotatable bonds is 3. The van der Waals surface area contributed by atoms with Crippen molar-refractivity contribution in [1.29, 1.82) is 0 Å². The van der Waals surface area contributed by atoms with Gasteiger partial charge in [-0.3, -0.25) is 9.67 Å². The Morgan fingerprint density at radius 3 is 2.81 bits per heavy atom. The fraction of sp³-hybridized carbons (Fsp3) is 0.273. The van der Waals surface area contributed by atoms with Crippen LogP contribution in [0.15, 0.2) is 35.2 Å². The van der Waals surface area contributed by atoms with Gasteiger partial charge >= 0.3 is 0 Å². The summed E-state index contributed by atoms with van der Waals surface area (Å²) in [6, 6.07) is 3.89. The molecule has 2 rings (SSSR count). The predicted molar refractivity (Wildman–Crippen MR) is 65.8 cm³/mol. The quantitative estimate of drug-likeness (QED) is 0.933. The molecular formula is C11H13BrN4. The van der Waals surface area contributed by atoms with Gasteiger partial charge in [-0.05, 0) is 28.1 Å². The summed E-state index contributed by atoms with van der Waals surface area (Å²) in [6.07, 6.45) is 6.23. The Morgan fingerprint density at radius 1 is 1.44 bits per heavy atom. The molecule has 16 heavy (non-hydrogen) atoms. The maximum Gasteiger partial charge on any atom is 0.0537 e. The Balaban J connectivity index is 2.07. The summed E-state index contributed by atoms with van der Waals surface area (Å²) in [4.78, 5) is 4.30. The van der Waals surface area contributed by atoms with Crippen LogP contribution in [0.2, 0.25) is 0 Å². The van der Waals surface area contributed by atoms with Crippen LogP contribution in [0.25, 0.3) is 0 Å². The molecule has 1 atom stereocenters. The van der Waals surface area contributed by atoms with E-state index in [9.17, 15) is 0 Å². The number of aryl methyl sites for hydroxylation is 1. The van der Waals surface area contributed by atoms with Gasteiger partial charge in [-0.2, -0.15) is 5.10 Å². The molecule has 2 heterocycles. The van der Waals surface area contributed by atoms with Crippen molar-refractivity contribution in [3.05, 3.63) is 46.5 Å². The van der Waals surface area contributed by atoms with E-state index in [4.69, 9.17) is 5.73 Å². The Morgan fingerprint density at radius 2 is 2.25 bits per heavy atom. The summed E-state index contributed by atoms with van der Waals surface area (Å²) in [5, 5.41) is 4.10. The maximum absolute atomic E-state index is 6.07. The van der Waals surface area contributed by atoms with Crippen LogP contribution < -0.4 is 5.73 Å². The van der Waals surface area contributed by atoms with Crippen LogP contribution in [-0.4, -0.2) is 14.8 Å². The van der Waals surface area contributed by atoms with Gasteiger partial charge in [0.2, 0.25) is 0 Å². The summed E-state index contributed by atoms with van der Waals surface area (Å²) in [6.45, 7) is 0. The third kappa shape index (κ3) is 2.68. The fourth-order valence-corrected chi connectivity index (χ4v) is 1.74. The van der Waals surface area contributed by atoms with Crippen molar-refractivity contribution in [3.8, 4) is 0 Å². The monoisotopic (exact) mass is 280 g/mol. The standard InChI is InChI=1S/C11H13BrN4/c1-16-7-8(5-15-16)11(13)4-10-3-2-9(12)6-14-10/h2-3,5-7,11H,4,13H2,1H3. The first-order chi connectivity index (χ1) is 7.65. The SMILES string of the molecule is Cn1cc(C(N)Cc2ccc(Br)cn2)cn1. The van der Waals surface area contributed by atoms with Crippen LogP contribution in [0.1, 0.15) is 17.3 Å². The lowest BCUT2D eigenvalue weighted by Gasteiger charge is -2.08. The molecule has 0 aliphatic heterocycles. The maximum atomic E-state index is 6.07. The van der Waals surface area contributed by atoms with Crippen molar-refractivity contribution in [2.45, 2.75) is 12.5 Å². The molecule has 4 nitrogen and oxygen atoms in total. The average Bonchev–Trinajstić information content (AvgIpc) is 2.68. The van der Waals surface area contributed by atoms with Crippen LogP contribution in [0, 0.1) is 0 Å². The fourth-order valence-electron chi connectivity index (χ4n) is 1.50. The molecule has 2 N–H and O–H groups in total. The summed E-state index contributed by atoms with van der Waals surface area (Å²) >= 11 is 3.35. The Bertz CT molecular complexity index is 463. The summed E-state index contributed by atoms with van der Waals surface area (Å²) in [7, 11) is 1.88. The van der Waals surface area contributed by atoms with E-state index in [0.29, 0.717) is 0 Å². The lowest BCUT2D eigenvalue weighted by atomic mass is 10.1. The van der Waals surface area contributed by atoms with Crippen molar-refractivity contribution in [2.75, 3.05) is 0 Å². The largest absolute Gasteiger partial charge is 0.324 e. The second-order valence-electron chi connectivity index (χ2n) is 3.73. The van der Waals surface area contributed by atoms with Gasteiger partial charge in [0, 0.05) is 47.6 Å². The minimum Gasteiger partial charge on any atom is -0.324 e. The first kappa shape index (κ1) is 11.3. The van der Waals surface area contributed by atoms with Crippen molar-refractivity contribution >= 4 is 15.9 Å². The summed E-state index contributed by atoms with van der Waals surface area (Å²) in [5.74, 6) is 0. The van der Waals surface area contributed by atoms with E-state index in [-0.39, 0.29) is 6.04 Å². The molecule has 1 unspecified atom stereocenters. The Labute approximate surface area is 103 Å². The normalized spacial score (nSPS) is 12.7. The van der Waals surface area contributed by atoms with Crippen LogP contribution in [0.3, 0.4) is 0 Å². The van der Waals surface area contributed by atoms with E-state index in [0.717, 1.165) is 22.2 Å². The lowest BCUT2D eigenvalue weighted by Crippen LogP contribution is -2.13. The van der Waals surface area contributed by atoms with E-state index in [1.54, 1.807) is 17.1 Å².